The van der Waals surface area contributed by atoms with Gasteiger partial charge in [-0.1, -0.05) is 18.2 Å². The number of hydrogen-bond donors (Lipinski definition) is 2. The van der Waals surface area contributed by atoms with Crippen molar-refractivity contribution < 1.29 is 18.0 Å². The van der Waals surface area contributed by atoms with Crippen LogP contribution in [0.4, 0.5) is 29.7 Å². The zero-order valence-electron chi connectivity index (χ0n) is 19.2. The van der Waals surface area contributed by atoms with Gasteiger partial charge in [0.1, 0.15) is 11.3 Å². The summed E-state index contributed by atoms with van der Waals surface area (Å²) in [5, 5.41) is 8.41. The number of carbonyl (C=O) groups excluding carboxylic acids is 1. The number of anilines is 3. The second-order valence-electron chi connectivity index (χ2n) is 8.20. The number of para-hydroxylation sites is 1. The number of thiazole rings is 1. The van der Waals surface area contributed by atoms with E-state index in [4.69, 9.17) is 0 Å². The number of nitrogens with zero attached hydrogens (tertiary/aromatic N) is 3. The molecule has 0 saturated carbocycles. The highest BCUT2D eigenvalue weighted by Gasteiger charge is 2.31. The molecular formula is C26H20F3N5OS. The molecule has 2 aromatic carbocycles. The normalized spacial score (nSPS) is 11.6. The number of pyridine rings is 1. The molecule has 2 N–H and O–H groups in total. The lowest BCUT2D eigenvalue weighted by atomic mass is 10.1. The largest absolute Gasteiger partial charge is 0.417 e. The molecule has 182 valence electrons. The fourth-order valence-corrected chi connectivity index (χ4v) is 4.53. The lowest BCUT2D eigenvalue weighted by Crippen LogP contribution is -2.12. The number of alkyl halides is 3. The van der Waals surface area contributed by atoms with E-state index in [0.29, 0.717) is 33.4 Å². The highest BCUT2D eigenvalue weighted by atomic mass is 32.1. The number of hydrogen-bond acceptors (Lipinski definition) is 5. The first-order chi connectivity index (χ1) is 17.2. The third-order valence-electron chi connectivity index (χ3n) is 5.66. The van der Waals surface area contributed by atoms with Crippen LogP contribution in [0.3, 0.4) is 0 Å². The minimum atomic E-state index is -4.46. The number of amides is 1. The van der Waals surface area contributed by atoms with E-state index in [-0.39, 0.29) is 5.91 Å². The van der Waals surface area contributed by atoms with Crippen LogP contribution in [0, 0.1) is 13.8 Å². The Bertz CT molecular complexity index is 1570. The molecule has 0 aliphatic heterocycles. The molecule has 0 radical (unpaired) electrons. The molecule has 36 heavy (non-hydrogen) atoms. The standard InChI is InChI=1S/C26H20F3N5OS/c1-15-5-3-4-6-20(15)32-24(35)17-7-10-19(11-8-17)31-25-33-21(14-36-25)23-16(2)30-22-12-9-18(13-34(22)23)26(27,28)29/h3-14H,1-2H3,(H,31,33)(H,32,35). The number of fused-ring (bicyclic) bond motifs is 1. The Kier molecular flexibility index (Phi) is 5.97. The fourth-order valence-electron chi connectivity index (χ4n) is 3.81. The van der Waals surface area contributed by atoms with Crippen molar-refractivity contribution in [3.63, 3.8) is 0 Å². The van der Waals surface area contributed by atoms with Gasteiger partial charge in [0.15, 0.2) is 5.13 Å². The Balaban J connectivity index is 1.34. The van der Waals surface area contributed by atoms with Crippen molar-refractivity contribution in [2.45, 2.75) is 20.0 Å². The summed E-state index contributed by atoms with van der Waals surface area (Å²) in [6, 6.07) is 16.9. The van der Waals surface area contributed by atoms with Gasteiger partial charge >= 0.3 is 6.18 Å². The third-order valence-corrected chi connectivity index (χ3v) is 6.42. The average molecular weight is 508 g/mol. The van der Waals surface area contributed by atoms with E-state index in [1.165, 1.54) is 21.8 Å². The number of halogens is 3. The van der Waals surface area contributed by atoms with Crippen LogP contribution in [-0.2, 0) is 6.18 Å². The first-order valence-electron chi connectivity index (χ1n) is 10.9. The maximum atomic E-state index is 13.2. The van der Waals surface area contributed by atoms with Crippen LogP contribution in [0.25, 0.3) is 17.0 Å². The molecule has 3 aromatic heterocycles. The van der Waals surface area contributed by atoms with Crippen molar-refractivity contribution in [2.24, 2.45) is 0 Å². The molecule has 0 unspecified atom stereocenters. The summed E-state index contributed by atoms with van der Waals surface area (Å²) in [6.07, 6.45) is -3.42. The summed E-state index contributed by atoms with van der Waals surface area (Å²) in [5.74, 6) is -0.214. The zero-order valence-corrected chi connectivity index (χ0v) is 20.0. The molecule has 3 heterocycles. The first kappa shape index (κ1) is 23.6. The monoisotopic (exact) mass is 507 g/mol. The van der Waals surface area contributed by atoms with E-state index in [0.717, 1.165) is 29.2 Å². The van der Waals surface area contributed by atoms with E-state index in [9.17, 15) is 18.0 Å². The van der Waals surface area contributed by atoms with Crippen LogP contribution in [0.15, 0.2) is 72.2 Å². The van der Waals surface area contributed by atoms with Gasteiger partial charge in [0.25, 0.3) is 5.91 Å². The third kappa shape index (κ3) is 4.67. The van der Waals surface area contributed by atoms with Crippen LogP contribution in [0.2, 0.25) is 0 Å². The van der Waals surface area contributed by atoms with Crippen LogP contribution in [0.5, 0.6) is 0 Å². The molecule has 0 saturated heterocycles. The van der Waals surface area contributed by atoms with Gasteiger partial charge in [-0.05, 0) is 61.9 Å². The smallest absolute Gasteiger partial charge is 0.332 e. The number of aryl methyl sites for hydroxylation is 2. The number of aromatic nitrogens is 3. The predicted molar refractivity (Wildman–Crippen MR) is 135 cm³/mol. The van der Waals surface area contributed by atoms with E-state index < -0.39 is 11.7 Å². The minimum Gasteiger partial charge on any atom is -0.332 e. The lowest BCUT2D eigenvalue weighted by molar-refractivity contribution is -0.137. The number of rotatable bonds is 5. The van der Waals surface area contributed by atoms with Crippen molar-refractivity contribution in [2.75, 3.05) is 10.6 Å². The minimum absolute atomic E-state index is 0.214. The highest BCUT2D eigenvalue weighted by Crippen LogP contribution is 2.33. The Morgan fingerprint density at radius 2 is 1.72 bits per heavy atom. The summed E-state index contributed by atoms with van der Waals surface area (Å²) in [4.78, 5) is 21.5. The van der Waals surface area contributed by atoms with Crippen molar-refractivity contribution in [1.82, 2.24) is 14.4 Å². The maximum Gasteiger partial charge on any atom is 0.417 e. The quantitative estimate of drug-likeness (QED) is 0.266. The molecule has 0 aliphatic rings. The molecule has 5 aromatic rings. The van der Waals surface area contributed by atoms with Crippen molar-refractivity contribution in [3.8, 4) is 11.4 Å². The second-order valence-corrected chi connectivity index (χ2v) is 9.06. The number of imidazole rings is 1. The van der Waals surface area contributed by atoms with E-state index in [2.05, 4.69) is 20.6 Å². The Morgan fingerprint density at radius 3 is 2.44 bits per heavy atom. The van der Waals surface area contributed by atoms with E-state index in [1.807, 2.05) is 31.2 Å². The van der Waals surface area contributed by atoms with Crippen LogP contribution in [0.1, 0.15) is 27.2 Å². The molecule has 5 rings (SSSR count). The molecule has 0 aliphatic carbocycles. The summed E-state index contributed by atoms with van der Waals surface area (Å²) in [6.45, 7) is 3.66. The van der Waals surface area contributed by atoms with Gasteiger partial charge in [-0.2, -0.15) is 13.2 Å². The summed E-state index contributed by atoms with van der Waals surface area (Å²) in [7, 11) is 0. The molecule has 6 nitrogen and oxygen atoms in total. The van der Waals surface area contributed by atoms with Crippen LogP contribution in [-0.4, -0.2) is 20.3 Å². The molecule has 0 atom stereocenters. The van der Waals surface area contributed by atoms with Crippen LogP contribution < -0.4 is 10.6 Å². The van der Waals surface area contributed by atoms with Gasteiger partial charge in [-0.25, -0.2) is 9.97 Å². The van der Waals surface area contributed by atoms with Crippen molar-refractivity contribution >= 4 is 39.4 Å². The second kappa shape index (κ2) is 9.12. The van der Waals surface area contributed by atoms with Gasteiger partial charge in [0.05, 0.1) is 17.0 Å². The van der Waals surface area contributed by atoms with E-state index in [1.54, 1.807) is 36.6 Å². The summed E-state index contributed by atoms with van der Waals surface area (Å²) < 4.78 is 41.1. The molecular weight excluding hydrogens is 487 g/mol. The van der Waals surface area contributed by atoms with Crippen molar-refractivity contribution in [3.05, 3.63) is 94.6 Å². The van der Waals surface area contributed by atoms with Gasteiger partial charge < -0.3 is 10.6 Å². The zero-order chi connectivity index (χ0) is 25.4. The number of nitrogens with one attached hydrogen (secondary N) is 2. The Labute approximate surface area is 208 Å². The first-order valence-corrected chi connectivity index (χ1v) is 11.8. The molecule has 1 amide bonds. The maximum absolute atomic E-state index is 13.2. The summed E-state index contributed by atoms with van der Waals surface area (Å²) in [5.41, 5.74) is 4.21. The molecule has 0 spiro atoms. The van der Waals surface area contributed by atoms with Crippen LogP contribution >= 0.6 is 11.3 Å². The molecule has 10 heteroatoms. The van der Waals surface area contributed by atoms with Gasteiger partial charge in [0.2, 0.25) is 0 Å². The highest BCUT2D eigenvalue weighted by molar-refractivity contribution is 7.14. The molecule has 0 fully saturated rings. The van der Waals surface area contributed by atoms with Gasteiger partial charge in [0, 0.05) is 28.5 Å². The van der Waals surface area contributed by atoms with Gasteiger partial charge in [-0.3, -0.25) is 9.20 Å². The SMILES string of the molecule is Cc1ccccc1NC(=O)c1ccc(Nc2nc(-c3c(C)nc4ccc(C(F)(F)F)cn34)cs2)cc1. The van der Waals surface area contributed by atoms with Crippen molar-refractivity contribution in [1.29, 1.82) is 0 Å². The molecule has 0 bridgehead atoms. The summed E-state index contributed by atoms with van der Waals surface area (Å²) >= 11 is 1.32. The lowest BCUT2D eigenvalue weighted by Gasteiger charge is -2.09. The Morgan fingerprint density at radius 1 is 0.972 bits per heavy atom. The number of carbonyl (C=O) groups is 1. The topological polar surface area (TPSA) is 71.3 Å². The number of benzene rings is 2. The van der Waals surface area contributed by atoms with Gasteiger partial charge in [-0.15, -0.1) is 11.3 Å². The van der Waals surface area contributed by atoms with E-state index >= 15 is 0 Å². The fraction of sp³-hybridized carbons (Fsp3) is 0.115. The average Bonchev–Trinajstić information content (AvgIpc) is 3.42. The Hall–Kier alpha value is -4.18. The predicted octanol–water partition coefficient (Wildman–Crippen LogP) is 7.09.